The predicted octanol–water partition coefficient (Wildman–Crippen LogP) is 4.02. The Morgan fingerprint density at radius 1 is 1.10 bits per heavy atom. The van der Waals surface area contributed by atoms with Gasteiger partial charge in [-0.15, -0.1) is 0 Å². The molecule has 0 bridgehead atoms. The summed E-state index contributed by atoms with van der Waals surface area (Å²) in [4.78, 5) is 16.3. The monoisotopic (exact) mass is 360 g/mol. The Balaban J connectivity index is 1.96. The van der Waals surface area contributed by atoms with Crippen molar-refractivity contribution in [3.63, 3.8) is 0 Å². The van der Waals surface area contributed by atoms with Crippen LogP contribution in [0.15, 0.2) is 63.7 Å². The molecule has 0 unspecified atom stereocenters. The first kappa shape index (κ1) is 14.0. The second-order valence-electron chi connectivity index (χ2n) is 4.48. The first-order valence-corrected chi connectivity index (χ1v) is 7.43. The summed E-state index contributed by atoms with van der Waals surface area (Å²) >= 11 is 9.50. The molecule has 21 heavy (non-hydrogen) atoms. The van der Waals surface area contributed by atoms with Crippen LogP contribution in [0, 0.1) is 0 Å². The lowest BCUT2D eigenvalue weighted by Crippen LogP contribution is -2.24. The Hall–Kier alpha value is -1.91. The number of amidine groups is 1. The maximum atomic E-state index is 12.0. The maximum Gasteiger partial charge on any atom is 0.275 e. The first-order valence-electron chi connectivity index (χ1n) is 6.26. The minimum Gasteiger partial charge on any atom is -0.305 e. The number of carbonyl (C=O) groups excluding carboxylic acids is 1. The summed E-state index contributed by atoms with van der Waals surface area (Å²) in [5, 5.41) is 3.30. The van der Waals surface area contributed by atoms with E-state index >= 15 is 0 Å². The zero-order chi connectivity index (χ0) is 14.8. The standard InChI is InChI=1S/C16H10BrClN2O/c17-11-7-5-10(6-8-11)9-14-16(21)20-15(19-14)12-3-1-2-4-13(12)18/h1-9H,(H,19,20,21)/b14-9-. The van der Waals surface area contributed by atoms with E-state index in [0.717, 1.165) is 10.0 Å². The van der Waals surface area contributed by atoms with Gasteiger partial charge in [0.2, 0.25) is 0 Å². The van der Waals surface area contributed by atoms with Crippen molar-refractivity contribution in [2.24, 2.45) is 4.99 Å². The smallest absolute Gasteiger partial charge is 0.275 e. The fourth-order valence-corrected chi connectivity index (χ4v) is 2.46. The van der Waals surface area contributed by atoms with Crippen LogP contribution in [-0.2, 0) is 4.79 Å². The van der Waals surface area contributed by atoms with Crippen LogP contribution in [0.3, 0.4) is 0 Å². The second kappa shape index (κ2) is 5.84. The van der Waals surface area contributed by atoms with Gasteiger partial charge in [-0.1, -0.05) is 51.8 Å². The third kappa shape index (κ3) is 3.06. The van der Waals surface area contributed by atoms with Gasteiger partial charge in [0.05, 0.1) is 5.02 Å². The number of halogens is 2. The molecule has 104 valence electrons. The Labute approximate surface area is 135 Å². The van der Waals surface area contributed by atoms with E-state index < -0.39 is 0 Å². The van der Waals surface area contributed by atoms with Crippen molar-refractivity contribution in [3.8, 4) is 0 Å². The number of benzene rings is 2. The topological polar surface area (TPSA) is 41.5 Å². The minimum absolute atomic E-state index is 0.229. The summed E-state index contributed by atoms with van der Waals surface area (Å²) in [6, 6.07) is 14.9. The molecule has 0 saturated carbocycles. The van der Waals surface area contributed by atoms with Crippen molar-refractivity contribution in [1.82, 2.24) is 5.32 Å². The zero-order valence-corrected chi connectivity index (χ0v) is 13.1. The Morgan fingerprint density at radius 2 is 1.81 bits per heavy atom. The third-order valence-electron chi connectivity index (χ3n) is 3.00. The van der Waals surface area contributed by atoms with Crippen LogP contribution in [-0.4, -0.2) is 11.7 Å². The minimum atomic E-state index is -0.229. The lowest BCUT2D eigenvalue weighted by Gasteiger charge is -2.01. The molecule has 3 rings (SSSR count). The average Bonchev–Trinajstić information content (AvgIpc) is 2.83. The van der Waals surface area contributed by atoms with E-state index in [4.69, 9.17) is 11.6 Å². The molecule has 1 aliphatic rings. The van der Waals surface area contributed by atoms with E-state index in [1.54, 1.807) is 12.1 Å². The highest BCUT2D eigenvalue weighted by Crippen LogP contribution is 2.20. The summed E-state index contributed by atoms with van der Waals surface area (Å²) in [6.07, 6.45) is 1.74. The lowest BCUT2D eigenvalue weighted by molar-refractivity contribution is -0.115. The number of nitrogens with one attached hydrogen (secondary N) is 1. The molecule has 0 aliphatic carbocycles. The zero-order valence-electron chi connectivity index (χ0n) is 10.8. The molecular weight excluding hydrogens is 352 g/mol. The average molecular weight is 362 g/mol. The number of amides is 1. The molecule has 0 saturated heterocycles. The highest BCUT2D eigenvalue weighted by Gasteiger charge is 2.22. The third-order valence-corrected chi connectivity index (χ3v) is 3.86. The highest BCUT2D eigenvalue weighted by molar-refractivity contribution is 9.10. The molecule has 0 aromatic heterocycles. The van der Waals surface area contributed by atoms with Crippen LogP contribution in [0.2, 0.25) is 5.02 Å². The van der Waals surface area contributed by atoms with Gasteiger partial charge in [-0.05, 0) is 35.9 Å². The lowest BCUT2D eigenvalue weighted by atomic mass is 10.2. The van der Waals surface area contributed by atoms with Gasteiger partial charge >= 0.3 is 0 Å². The van der Waals surface area contributed by atoms with Crippen molar-refractivity contribution >= 4 is 45.3 Å². The van der Waals surface area contributed by atoms with Gasteiger partial charge in [0.15, 0.2) is 0 Å². The van der Waals surface area contributed by atoms with Crippen molar-refractivity contribution in [2.75, 3.05) is 0 Å². The van der Waals surface area contributed by atoms with Crippen LogP contribution in [0.1, 0.15) is 11.1 Å². The fraction of sp³-hybridized carbons (Fsp3) is 0. The molecule has 0 atom stereocenters. The van der Waals surface area contributed by atoms with Gasteiger partial charge in [-0.2, -0.15) is 0 Å². The van der Waals surface area contributed by atoms with Gasteiger partial charge < -0.3 is 5.32 Å². The Kier molecular flexibility index (Phi) is 3.90. The van der Waals surface area contributed by atoms with Crippen LogP contribution < -0.4 is 5.32 Å². The summed E-state index contributed by atoms with van der Waals surface area (Å²) in [5.41, 5.74) is 1.99. The van der Waals surface area contributed by atoms with Crippen LogP contribution in [0.25, 0.3) is 6.08 Å². The molecule has 0 spiro atoms. The molecule has 3 nitrogen and oxygen atoms in total. The molecule has 1 N–H and O–H groups in total. The number of aliphatic imine (C=N–C) groups is 1. The van der Waals surface area contributed by atoms with E-state index in [-0.39, 0.29) is 5.91 Å². The fourth-order valence-electron chi connectivity index (χ4n) is 1.97. The van der Waals surface area contributed by atoms with E-state index in [0.29, 0.717) is 22.1 Å². The van der Waals surface area contributed by atoms with Crippen LogP contribution in [0.5, 0.6) is 0 Å². The quantitative estimate of drug-likeness (QED) is 0.807. The molecule has 1 amide bonds. The van der Waals surface area contributed by atoms with Gasteiger partial charge in [-0.25, -0.2) is 4.99 Å². The van der Waals surface area contributed by atoms with Gasteiger partial charge in [0.25, 0.3) is 5.91 Å². The first-order chi connectivity index (χ1) is 10.1. The molecule has 0 radical (unpaired) electrons. The molecular formula is C16H10BrClN2O. The highest BCUT2D eigenvalue weighted by atomic mass is 79.9. The van der Waals surface area contributed by atoms with Gasteiger partial charge in [-0.3, -0.25) is 4.79 Å². The molecule has 1 aliphatic heterocycles. The summed E-state index contributed by atoms with van der Waals surface area (Å²) < 4.78 is 0.987. The number of carbonyl (C=O) groups is 1. The van der Waals surface area contributed by atoms with E-state index in [2.05, 4.69) is 26.2 Å². The Bertz CT molecular complexity index is 766. The van der Waals surface area contributed by atoms with E-state index in [1.807, 2.05) is 42.5 Å². The van der Waals surface area contributed by atoms with Gasteiger partial charge in [0.1, 0.15) is 11.5 Å². The summed E-state index contributed by atoms with van der Waals surface area (Å²) in [5.74, 6) is 0.252. The van der Waals surface area contributed by atoms with Crippen LogP contribution >= 0.6 is 27.5 Å². The van der Waals surface area contributed by atoms with Gasteiger partial charge in [0, 0.05) is 10.0 Å². The van der Waals surface area contributed by atoms with Crippen molar-refractivity contribution in [3.05, 3.63) is 74.9 Å². The molecule has 1 heterocycles. The SMILES string of the molecule is O=C1NC(c2ccccc2Cl)=N/C1=C\c1ccc(Br)cc1. The Morgan fingerprint density at radius 3 is 2.52 bits per heavy atom. The normalized spacial score (nSPS) is 16.0. The van der Waals surface area contributed by atoms with E-state index in [9.17, 15) is 4.79 Å². The van der Waals surface area contributed by atoms with Crippen molar-refractivity contribution in [2.45, 2.75) is 0 Å². The second-order valence-corrected chi connectivity index (χ2v) is 5.80. The van der Waals surface area contributed by atoms with Crippen molar-refractivity contribution < 1.29 is 4.79 Å². The maximum absolute atomic E-state index is 12.0. The molecule has 2 aromatic rings. The molecule has 5 heteroatoms. The largest absolute Gasteiger partial charge is 0.305 e. The summed E-state index contributed by atoms with van der Waals surface area (Å²) in [7, 11) is 0. The predicted molar refractivity (Wildman–Crippen MR) is 88.3 cm³/mol. The number of hydrogen-bond donors (Lipinski definition) is 1. The molecule has 0 fully saturated rings. The van der Waals surface area contributed by atoms with Crippen LogP contribution in [0.4, 0.5) is 0 Å². The molecule has 2 aromatic carbocycles. The number of nitrogens with zero attached hydrogens (tertiary/aromatic N) is 1. The van der Waals surface area contributed by atoms with E-state index in [1.165, 1.54) is 0 Å². The summed E-state index contributed by atoms with van der Waals surface area (Å²) in [6.45, 7) is 0. The number of hydrogen-bond acceptors (Lipinski definition) is 2. The van der Waals surface area contributed by atoms with Crippen molar-refractivity contribution in [1.29, 1.82) is 0 Å². The number of rotatable bonds is 2.